The van der Waals surface area contributed by atoms with Crippen molar-refractivity contribution < 1.29 is 37.7 Å². The average molecular weight is 116 g/mol. The second-order valence-electron chi connectivity index (χ2n) is 0.408. The molecule has 0 saturated heterocycles. The molecule has 0 aliphatic carbocycles. The molecular weight excluding hydrogens is 107 g/mol. The summed E-state index contributed by atoms with van der Waals surface area (Å²) in [5.74, 6) is 0. The summed E-state index contributed by atoms with van der Waals surface area (Å²) < 4.78 is 0. The van der Waals surface area contributed by atoms with Gasteiger partial charge >= 0.3 is 0 Å². The first-order valence-corrected chi connectivity index (χ1v) is 2.45. The van der Waals surface area contributed by atoms with Crippen LogP contribution < -0.4 is 0 Å². The van der Waals surface area contributed by atoms with Gasteiger partial charge in [0.2, 0.25) is 0 Å². The third-order valence-corrected chi connectivity index (χ3v) is 0. The maximum absolute atomic E-state index is 2.04. The van der Waals surface area contributed by atoms with E-state index in [1.54, 1.807) is 11.8 Å². The summed E-state index contributed by atoms with van der Waals surface area (Å²) in [6, 6.07) is 0. The molecule has 34 valence electrons. The fourth-order valence-electron chi connectivity index (χ4n) is 0. The maximum Gasteiger partial charge on any atom is 0.0814 e. The predicted octanol–water partition coefficient (Wildman–Crippen LogP) is -0.205. The average Bonchev–Trinajstić information content (AvgIpc) is 0.918. The number of rotatable bonds is 0. The molecule has 0 bridgehead atoms. The summed E-state index contributed by atoms with van der Waals surface area (Å²) >= 11 is 1.75. The van der Waals surface area contributed by atoms with E-state index in [4.69, 9.17) is 0 Å². The molecule has 0 aromatic heterocycles. The fraction of sp³-hybridized carbons (Fsp3) is 1.00. The van der Waals surface area contributed by atoms with Crippen LogP contribution in [-0.2, 0) is 0 Å². The molecule has 0 saturated carbocycles. The predicted molar refractivity (Wildman–Crippen MR) is 29.4 cm³/mol. The van der Waals surface area contributed by atoms with Crippen molar-refractivity contribution in [1.29, 1.82) is 0 Å². The molecule has 0 aliphatic rings. The molecule has 3 heteroatoms. The van der Waals surface area contributed by atoms with E-state index >= 15 is 0 Å². The van der Waals surface area contributed by atoms with Crippen LogP contribution >= 0.6 is 11.8 Å². The van der Waals surface area contributed by atoms with Crippen LogP contribution in [0.1, 0.15) is 0 Å². The molecule has 0 aromatic rings. The monoisotopic (exact) mass is 116 g/mol. The van der Waals surface area contributed by atoms with E-state index in [9.17, 15) is 0 Å². The van der Waals surface area contributed by atoms with Crippen LogP contribution in [-0.4, -0.2) is 20.9 Å². The topological polar surface area (TPSA) is 0 Å². The van der Waals surface area contributed by atoms with Crippen molar-refractivity contribution in [3.05, 3.63) is 0 Å². The Morgan fingerprint density at radius 3 is 1.20 bits per heavy atom. The van der Waals surface area contributed by atoms with E-state index in [-0.39, 0.29) is 46.2 Å². The first-order chi connectivity index (χ1) is 1.41. The SMILES string of the molecule is B.CSC.[Ar]. The summed E-state index contributed by atoms with van der Waals surface area (Å²) in [5.41, 5.74) is 0. The Morgan fingerprint density at radius 1 is 1.20 bits per heavy atom. The van der Waals surface area contributed by atoms with Crippen molar-refractivity contribution >= 4 is 20.2 Å². The molecule has 0 unspecified atom stereocenters. The summed E-state index contributed by atoms with van der Waals surface area (Å²) in [5, 5.41) is 0. The first kappa shape index (κ1) is 15.9. The van der Waals surface area contributed by atoms with Gasteiger partial charge in [0.05, 0.1) is 8.41 Å². The number of thioether (sulfide) groups is 1. The molecule has 0 N–H and O–H groups in total. The van der Waals surface area contributed by atoms with E-state index in [1.165, 1.54) is 0 Å². The zero-order chi connectivity index (χ0) is 2.71. The number of hydrogen-bond donors (Lipinski definition) is 0. The van der Waals surface area contributed by atoms with E-state index < -0.39 is 0 Å². The minimum atomic E-state index is 0. The van der Waals surface area contributed by atoms with Crippen molar-refractivity contribution in [3.63, 3.8) is 0 Å². The van der Waals surface area contributed by atoms with Crippen molar-refractivity contribution in [2.75, 3.05) is 12.5 Å². The minimum absolute atomic E-state index is 0. The summed E-state index contributed by atoms with van der Waals surface area (Å²) in [6.07, 6.45) is 4.08. The molecular formula is C2H9ArBS. The molecule has 0 fully saturated rings. The van der Waals surface area contributed by atoms with Gasteiger partial charge in [-0.1, -0.05) is 0 Å². The standard InChI is InChI=1S/C2H6S.Ar.BH3/c1-3-2;;/h1-2H3;;1H3. The van der Waals surface area contributed by atoms with Gasteiger partial charge in [0.25, 0.3) is 0 Å². The molecule has 0 atom stereocenters. The van der Waals surface area contributed by atoms with Crippen LogP contribution in [0.5, 0.6) is 0 Å². The van der Waals surface area contributed by atoms with E-state index in [0.29, 0.717) is 0 Å². The third kappa shape index (κ3) is 27.3. The summed E-state index contributed by atoms with van der Waals surface area (Å²) in [4.78, 5) is 0. The molecule has 0 aliphatic heterocycles. The van der Waals surface area contributed by atoms with Crippen molar-refractivity contribution in [1.82, 2.24) is 0 Å². The molecule has 0 nitrogen and oxygen atoms in total. The Morgan fingerprint density at radius 2 is 1.20 bits per heavy atom. The van der Waals surface area contributed by atoms with Crippen molar-refractivity contribution in [3.8, 4) is 0 Å². The van der Waals surface area contributed by atoms with Crippen molar-refractivity contribution in [2.45, 2.75) is 0 Å². The third-order valence-electron chi connectivity index (χ3n) is 0. The molecule has 0 aromatic carbocycles. The van der Waals surface area contributed by atoms with Gasteiger partial charge in [-0.05, 0) is 12.5 Å². The van der Waals surface area contributed by atoms with Crippen LogP contribution in [0.3, 0.4) is 0 Å². The van der Waals surface area contributed by atoms with Crippen LogP contribution in [0, 0.1) is 37.7 Å². The molecule has 0 radical (unpaired) electrons. The van der Waals surface area contributed by atoms with E-state index in [1.807, 2.05) is 12.5 Å². The molecule has 5 heavy (non-hydrogen) atoms. The quantitative estimate of drug-likeness (QED) is 0.395. The Bertz CT molecular complexity index is 9.61. The van der Waals surface area contributed by atoms with Gasteiger partial charge in [0.15, 0.2) is 0 Å². The van der Waals surface area contributed by atoms with Gasteiger partial charge in [-0.2, -0.15) is 11.8 Å². The van der Waals surface area contributed by atoms with Gasteiger partial charge in [-0.15, -0.1) is 0 Å². The normalized spacial score (nSPS) is 3.60. The Balaban J connectivity index is -0.0000000200. The maximum atomic E-state index is 2.04. The van der Waals surface area contributed by atoms with Gasteiger partial charge in [-0.25, -0.2) is 0 Å². The zero-order valence-electron chi connectivity index (χ0n) is 2.76. The van der Waals surface area contributed by atoms with Gasteiger partial charge in [-0.3, -0.25) is 0 Å². The Labute approximate surface area is 69.7 Å². The van der Waals surface area contributed by atoms with Crippen molar-refractivity contribution in [2.24, 2.45) is 0 Å². The zero-order valence-corrected chi connectivity index (χ0v) is 4.29. The molecule has 0 spiro atoms. The number of hydrogen-bond acceptors (Lipinski definition) is 1. The molecule has 0 amide bonds. The fourth-order valence-corrected chi connectivity index (χ4v) is 0. The van der Waals surface area contributed by atoms with Gasteiger partial charge in [0, 0.05) is 37.7 Å². The molecule has 0 rings (SSSR count). The first-order valence-electron chi connectivity index (χ1n) is 0.816. The van der Waals surface area contributed by atoms with Gasteiger partial charge in [0.1, 0.15) is 0 Å². The second kappa shape index (κ2) is 17.3. The van der Waals surface area contributed by atoms with Gasteiger partial charge < -0.3 is 0 Å². The second-order valence-corrected chi connectivity index (χ2v) is 1.22. The van der Waals surface area contributed by atoms with Crippen LogP contribution in [0.2, 0.25) is 0 Å². The Kier molecular flexibility index (Phi) is 55.2. The summed E-state index contributed by atoms with van der Waals surface area (Å²) in [6.45, 7) is 0. The van der Waals surface area contributed by atoms with Crippen LogP contribution in [0.25, 0.3) is 0 Å². The molecule has 0 heterocycles. The Hall–Kier alpha value is 1.67. The minimum Gasteiger partial charge on any atom is -0.169 e. The smallest absolute Gasteiger partial charge is 0.0814 e. The van der Waals surface area contributed by atoms with E-state index in [2.05, 4.69) is 0 Å². The largest absolute Gasteiger partial charge is 0.169 e. The van der Waals surface area contributed by atoms with Crippen LogP contribution in [0.15, 0.2) is 0 Å². The summed E-state index contributed by atoms with van der Waals surface area (Å²) in [7, 11) is 0. The van der Waals surface area contributed by atoms with E-state index in [0.717, 1.165) is 0 Å². The van der Waals surface area contributed by atoms with Crippen LogP contribution in [0.4, 0.5) is 0 Å².